The van der Waals surface area contributed by atoms with Gasteiger partial charge in [-0.2, -0.15) is 31.7 Å². The first-order chi connectivity index (χ1) is 15.4. The molecule has 3 N–H and O–H groups in total. The maximum absolute atomic E-state index is 15.3. The largest absolute Gasteiger partial charge is 0.444 e. The Morgan fingerprint density at radius 2 is 1.86 bits per heavy atom. The van der Waals surface area contributed by atoms with Crippen molar-refractivity contribution in [3.63, 3.8) is 0 Å². The van der Waals surface area contributed by atoms with Crippen molar-refractivity contribution in [2.24, 2.45) is 5.92 Å². The van der Waals surface area contributed by atoms with Crippen molar-refractivity contribution >= 4 is 49.7 Å². The van der Waals surface area contributed by atoms with E-state index in [9.17, 15) is 14.4 Å². The lowest BCUT2D eigenvalue weighted by atomic mass is 10.0. The first kappa shape index (κ1) is 28.9. The van der Waals surface area contributed by atoms with Crippen LogP contribution in [-0.4, -0.2) is 40.1 Å². The number of hydrogen-bond donors (Lipinski definition) is 2. The van der Waals surface area contributed by atoms with Gasteiger partial charge in [0.25, 0.3) is 5.56 Å². The molecule has 1 aromatic carbocycles. The molecule has 196 valence electrons. The van der Waals surface area contributed by atoms with Gasteiger partial charge in [-0.1, -0.05) is 0 Å². The lowest BCUT2D eigenvalue weighted by molar-refractivity contribution is 0.0494. The van der Waals surface area contributed by atoms with Crippen LogP contribution in [-0.2, 0) is 4.74 Å². The van der Waals surface area contributed by atoms with E-state index < -0.39 is 28.8 Å². The molecule has 4 rings (SSSR count). The predicted molar refractivity (Wildman–Crippen MR) is 145 cm³/mol. The van der Waals surface area contributed by atoms with Crippen LogP contribution in [0.4, 0.5) is 14.9 Å². The first-order valence-electron chi connectivity index (χ1n) is 11.4. The minimum atomic E-state index is -0.699. The van der Waals surface area contributed by atoms with Crippen LogP contribution in [0.3, 0.4) is 0 Å². The Hall–Kier alpha value is -2.34. The van der Waals surface area contributed by atoms with Crippen molar-refractivity contribution in [2.75, 3.05) is 23.8 Å². The molecule has 2 heterocycles. The van der Waals surface area contributed by atoms with E-state index >= 15 is 4.39 Å². The molecule has 0 radical (unpaired) electrons. The number of amides is 1. The number of fused-ring (bicyclic) bond motifs is 1. The number of nitrogens with zero attached hydrogens (tertiary/aromatic N) is 3. The van der Waals surface area contributed by atoms with E-state index in [4.69, 9.17) is 10.6 Å². The molecule has 1 aliphatic carbocycles. The quantitative estimate of drug-likeness (QED) is 0.589. The molecule has 9 nitrogen and oxygen atoms in total. The van der Waals surface area contributed by atoms with Gasteiger partial charge in [-0.3, -0.25) is 9.36 Å². The van der Waals surface area contributed by atoms with E-state index in [1.165, 1.54) is 10.6 Å². The Balaban J connectivity index is 0.00000216. The molecule has 1 saturated carbocycles. The molecule has 2 atom stereocenters. The molecule has 0 bridgehead atoms. The van der Waals surface area contributed by atoms with E-state index in [1.807, 2.05) is 11.8 Å². The normalized spacial score (nSPS) is 18.6. The van der Waals surface area contributed by atoms with Crippen molar-refractivity contribution in [3.05, 3.63) is 38.3 Å². The van der Waals surface area contributed by atoms with Gasteiger partial charge in [0.1, 0.15) is 11.4 Å². The summed E-state index contributed by atoms with van der Waals surface area (Å²) in [5.74, 6) is 5.27. The van der Waals surface area contributed by atoms with E-state index in [0.717, 1.165) is 19.3 Å². The zero-order valence-corrected chi connectivity index (χ0v) is 22.8. The van der Waals surface area contributed by atoms with E-state index in [2.05, 4.69) is 5.32 Å². The molecule has 1 saturated heterocycles. The molecule has 1 unspecified atom stereocenters. The van der Waals surface area contributed by atoms with E-state index in [1.54, 1.807) is 27.7 Å². The molecule has 2 fully saturated rings. The molecule has 35 heavy (non-hydrogen) atoms. The monoisotopic (exact) mass is 529 g/mol. The number of benzene rings is 1. The highest BCUT2D eigenvalue weighted by atomic mass is 32.1. The van der Waals surface area contributed by atoms with Gasteiger partial charge < -0.3 is 20.8 Å². The number of rotatable bonds is 4. The fourth-order valence-corrected chi connectivity index (χ4v) is 4.73. The predicted octanol–water partition coefficient (Wildman–Crippen LogP) is 2.62. The average Bonchev–Trinajstić information content (AvgIpc) is 3.42. The number of ether oxygens (including phenoxy) is 1. The second-order valence-electron chi connectivity index (χ2n) is 10.2. The first-order valence-corrected chi connectivity index (χ1v) is 11.4. The van der Waals surface area contributed by atoms with Gasteiger partial charge in [0, 0.05) is 30.7 Å². The fourth-order valence-electron chi connectivity index (χ4n) is 4.73. The third-order valence-corrected chi connectivity index (χ3v) is 6.47. The zero-order chi connectivity index (χ0) is 24.2. The highest BCUT2D eigenvalue weighted by Crippen LogP contribution is 2.39. The lowest BCUT2D eigenvalue weighted by Crippen LogP contribution is -2.45. The fraction of sp³-hybridized carbons (Fsp3) is 0.609. The van der Waals surface area contributed by atoms with Gasteiger partial charge in [0.2, 0.25) is 0 Å². The molecule has 12 heteroatoms. The summed E-state index contributed by atoms with van der Waals surface area (Å²) in [6.07, 6.45) is 1.92. The van der Waals surface area contributed by atoms with Crippen LogP contribution in [0.1, 0.15) is 58.6 Å². The van der Waals surface area contributed by atoms with Gasteiger partial charge in [-0.05, 0) is 65.9 Å². The smallest absolute Gasteiger partial charge is 0.407 e. The van der Waals surface area contributed by atoms with Crippen LogP contribution in [0.5, 0.6) is 0 Å². The molecule has 1 aromatic heterocycles. The molecular weight excluding hydrogens is 493 g/mol. The number of nitrogens with one attached hydrogen (secondary N) is 1. The Kier molecular flexibility index (Phi) is 8.53. The van der Waals surface area contributed by atoms with Crippen molar-refractivity contribution < 1.29 is 13.9 Å². The summed E-state index contributed by atoms with van der Waals surface area (Å²) in [7, 11) is 0. The highest BCUT2D eigenvalue weighted by molar-refractivity contribution is 7.59. The van der Waals surface area contributed by atoms with Crippen molar-refractivity contribution in [1.82, 2.24) is 14.6 Å². The SMILES string of the molecule is Cc1c(N2CC[C@H](C(C)NC(=O)OC(C)(C)C)C2)c(F)cc2c(=O)n(N)c(=O)n(C3CC3)c12.S.S. The summed E-state index contributed by atoms with van der Waals surface area (Å²) >= 11 is 0. The summed E-state index contributed by atoms with van der Waals surface area (Å²) < 4.78 is 22.8. The van der Waals surface area contributed by atoms with Crippen molar-refractivity contribution in [3.8, 4) is 0 Å². The van der Waals surface area contributed by atoms with Crippen molar-refractivity contribution in [2.45, 2.75) is 71.6 Å². The van der Waals surface area contributed by atoms with E-state index in [0.29, 0.717) is 34.5 Å². The van der Waals surface area contributed by atoms with Crippen LogP contribution < -0.4 is 27.3 Å². The number of nitrogens with two attached hydrogens (primary N) is 1. The number of carbonyl (C=O) groups is 1. The van der Waals surface area contributed by atoms with Gasteiger partial charge in [-0.15, -0.1) is 0 Å². The van der Waals surface area contributed by atoms with Gasteiger partial charge in [0.05, 0.1) is 16.6 Å². The third-order valence-electron chi connectivity index (χ3n) is 6.47. The second-order valence-corrected chi connectivity index (χ2v) is 10.2. The number of nitrogen functional groups attached to an aromatic ring is 1. The summed E-state index contributed by atoms with van der Waals surface area (Å²) in [4.78, 5) is 39.4. The molecule has 1 aliphatic heterocycles. The summed E-state index contributed by atoms with van der Waals surface area (Å²) in [6.45, 7) is 10.2. The lowest BCUT2D eigenvalue weighted by Gasteiger charge is -2.26. The maximum atomic E-state index is 15.3. The third kappa shape index (κ3) is 5.58. The van der Waals surface area contributed by atoms with Crippen LogP contribution in [0.2, 0.25) is 0 Å². The number of anilines is 1. The van der Waals surface area contributed by atoms with Gasteiger partial charge in [0.15, 0.2) is 0 Å². The maximum Gasteiger partial charge on any atom is 0.407 e. The summed E-state index contributed by atoms with van der Waals surface area (Å²) in [5.41, 5.74) is -0.470. The Labute approximate surface area is 217 Å². The molecular formula is C23H36FN5O4S2. The number of alkyl carbamates (subject to hydrolysis) is 1. The van der Waals surface area contributed by atoms with Crippen LogP contribution in [0.25, 0.3) is 10.9 Å². The topological polar surface area (TPSA) is 112 Å². The van der Waals surface area contributed by atoms with Gasteiger partial charge >= 0.3 is 11.8 Å². The second kappa shape index (κ2) is 10.3. The summed E-state index contributed by atoms with van der Waals surface area (Å²) in [5, 5.41) is 2.99. The minimum absolute atomic E-state index is 0. The average molecular weight is 530 g/mol. The minimum Gasteiger partial charge on any atom is -0.444 e. The van der Waals surface area contributed by atoms with Crippen LogP contribution >= 0.6 is 27.0 Å². The number of aryl methyl sites for hydroxylation is 1. The van der Waals surface area contributed by atoms with Gasteiger partial charge in [-0.25, -0.2) is 14.0 Å². The number of aromatic nitrogens is 2. The Morgan fingerprint density at radius 1 is 1.23 bits per heavy atom. The number of carbonyl (C=O) groups excluding carboxylic acids is 1. The van der Waals surface area contributed by atoms with Crippen molar-refractivity contribution in [1.29, 1.82) is 0 Å². The molecule has 2 aliphatic rings. The highest BCUT2D eigenvalue weighted by Gasteiger charge is 2.34. The summed E-state index contributed by atoms with van der Waals surface area (Å²) in [6, 6.07) is 0.997. The van der Waals surface area contributed by atoms with Crippen LogP contribution in [0.15, 0.2) is 15.7 Å². The number of halogens is 1. The van der Waals surface area contributed by atoms with Crippen LogP contribution in [0, 0.1) is 18.7 Å². The Bertz CT molecular complexity index is 1240. The standard InChI is InChI=1S/C23H32FN5O4.2H2S/c1-12-18-16(20(30)29(25)22(32)28(18)15-6-7-15)10-17(24)19(12)27-9-8-14(11-27)13(2)26-21(31)33-23(3,4)5;;/h10,13-15H,6-9,11,25H2,1-5H3,(H,26,31);2*1H2/t13?,14-;;/m0../s1. The number of hydrogen-bond acceptors (Lipinski definition) is 6. The zero-order valence-electron chi connectivity index (χ0n) is 20.8. The molecule has 1 amide bonds. The molecule has 2 aromatic rings. The molecule has 0 spiro atoms. The Morgan fingerprint density at radius 3 is 2.43 bits per heavy atom. The van der Waals surface area contributed by atoms with E-state index in [-0.39, 0.29) is 50.4 Å².